The van der Waals surface area contributed by atoms with Crippen LogP contribution in [0, 0.1) is 0 Å². The molecule has 4 heteroatoms. The minimum atomic E-state index is -1.01. The quantitative estimate of drug-likeness (QED) is 0.728. The van der Waals surface area contributed by atoms with E-state index in [1.54, 1.807) is 0 Å². The molecule has 0 bridgehead atoms. The fourth-order valence-electron chi connectivity index (χ4n) is 1.24. The van der Waals surface area contributed by atoms with Gasteiger partial charge in [0.1, 0.15) is 0 Å². The highest BCUT2D eigenvalue weighted by atomic mass is 19.2. The number of benzene rings is 1. The zero-order valence-electron chi connectivity index (χ0n) is 6.57. The van der Waals surface area contributed by atoms with Gasteiger partial charge in [-0.15, -0.1) is 0 Å². The number of rotatable bonds is 1. The summed E-state index contributed by atoms with van der Waals surface area (Å²) < 4.78 is 12.8. The summed E-state index contributed by atoms with van der Waals surface area (Å²) in [6.07, 6.45) is 1.25. The molecule has 3 nitrogen and oxygen atoms in total. The molecule has 0 atom stereocenters. The number of aromatic carboxylic acids is 1. The highest BCUT2D eigenvalue weighted by Crippen LogP contribution is 2.17. The van der Waals surface area contributed by atoms with Gasteiger partial charge >= 0.3 is 5.97 Å². The minimum Gasteiger partial charge on any atom is -0.478 e. The molecule has 0 saturated carbocycles. The predicted molar refractivity (Wildman–Crippen MR) is 45.4 cm³/mol. The lowest BCUT2D eigenvalue weighted by atomic mass is 10.1. The van der Waals surface area contributed by atoms with Crippen LogP contribution in [0.3, 0.4) is 0 Å². The maximum Gasteiger partial charge on any atom is 0.335 e. The van der Waals surface area contributed by atoms with Crippen LogP contribution in [0.2, 0.25) is 0 Å². The summed E-state index contributed by atoms with van der Waals surface area (Å²) in [6, 6.07) is 5.79. The summed E-state index contributed by atoms with van der Waals surface area (Å²) in [6.45, 7) is 0. The molecule has 0 radical (unpaired) electrons. The number of hydrogen-bond acceptors (Lipinski definition) is 1. The van der Waals surface area contributed by atoms with Gasteiger partial charge in [0.2, 0.25) is 0 Å². The Balaban J connectivity index is 2.70. The Morgan fingerprint density at radius 2 is 2.15 bits per heavy atom. The van der Waals surface area contributed by atoms with E-state index in [9.17, 15) is 9.28 Å². The van der Waals surface area contributed by atoms with Gasteiger partial charge in [-0.1, -0.05) is 4.48 Å². The summed E-state index contributed by atoms with van der Waals surface area (Å²) in [5, 5.41) is 9.24. The highest BCUT2D eigenvalue weighted by Gasteiger charge is 2.05. The maximum atomic E-state index is 12.8. The molecule has 1 N–H and O–H groups in total. The third-order valence-corrected chi connectivity index (χ3v) is 1.89. The molecule has 0 aliphatic rings. The van der Waals surface area contributed by atoms with E-state index in [0.29, 0.717) is 15.7 Å². The van der Waals surface area contributed by atoms with Crippen LogP contribution in [-0.2, 0) is 0 Å². The summed E-state index contributed by atoms with van der Waals surface area (Å²) in [7, 11) is 0. The van der Waals surface area contributed by atoms with E-state index in [0.717, 1.165) is 0 Å². The van der Waals surface area contributed by atoms with Crippen molar-refractivity contribution in [3.8, 4) is 0 Å². The summed E-state index contributed by atoms with van der Waals surface area (Å²) in [4.78, 5) is 11.0. The number of nitrogens with zero attached hydrogens (tertiary/aromatic N) is 1. The molecule has 0 aliphatic carbocycles. The lowest BCUT2D eigenvalue weighted by molar-refractivity contribution is 0.0697. The van der Waals surface area contributed by atoms with E-state index in [1.165, 1.54) is 30.5 Å². The molecule has 2 aromatic rings. The van der Waals surface area contributed by atoms with Crippen molar-refractivity contribution >= 4 is 16.9 Å². The molecule has 1 aromatic carbocycles. The Kier molecular flexibility index (Phi) is 1.55. The molecule has 13 heavy (non-hydrogen) atoms. The van der Waals surface area contributed by atoms with Crippen LogP contribution in [0.25, 0.3) is 10.9 Å². The molecule has 0 amide bonds. The lowest BCUT2D eigenvalue weighted by Crippen LogP contribution is -1.94. The molecule has 0 aliphatic heterocycles. The third kappa shape index (κ3) is 1.16. The number of halogens is 1. The van der Waals surface area contributed by atoms with E-state index >= 15 is 0 Å². The molecule has 0 spiro atoms. The van der Waals surface area contributed by atoms with Crippen molar-refractivity contribution in [3.63, 3.8) is 0 Å². The zero-order chi connectivity index (χ0) is 9.42. The van der Waals surface area contributed by atoms with Crippen LogP contribution in [0.15, 0.2) is 30.5 Å². The number of carboxylic acid groups (broad SMARTS) is 1. The zero-order valence-corrected chi connectivity index (χ0v) is 6.57. The summed E-state index contributed by atoms with van der Waals surface area (Å²) in [5.74, 6) is -1.01. The smallest absolute Gasteiger partial charge is 0.335 e. The van der Waals surface area contributed by atoms with Crippen molar-refractivity contribution in [2.75, 3.05) is 0 Å². The second kappa shape index (κ2) is 2.58. The number of fused-ring (bicyclic) bond motifs is 1. The van der Waals surface area contributed by atoms with Crippen molar-refractivity contribution in [3.05, 3.63) is 36.0 Å². The second-order valence-corrected chi connectivity index (χ2v) is 2.71. The maximum absolute atomic E-state index is 12.8. The van der Waals surface area contributed by atoms with Gasteiger partial charge in [-0.05, 0) is 24.3 Å². The van der Waals surface area contributed by atoms with Gasteiger partial charge in [0.25, 0.3) is 0 Å². The standard InChI is InChI=1S/C9H6FNO2/c10-11-4-3-6-5-7(9(12)13)1-2-8(6)11/h1-5H,(H,12,13). The molecule has 0 saturated heterocycles. The van der Waals surface area contributed by atoms with Crippen LogP contribution in [0.1, 0.15) is 10.4 Å². The highest BCUT2D eigenvalue weighted by molar-refractivity contribution is 5.93. The average molecular weight is 179 g/mol. The molecule has 66 valence electrons. The number of carbonyl (C=O) groups is 1. The van der Waals surface area contributed by atoms with E-state index < -0.39 is 5.97 Å². The molecule has 2 rings (SSSR count). The predicted octanol–water partition coefficient (Wildman–Crippen LogP) is 2.07. The van der Waals surface area contributed by atoms with Gasteiger partial charge in [0.05, 0.1) is 11.1 Å². The Bertz CT molecular complexity index is 475. The molecule has 0 unspecified atom stereocenters. The first-order valence-corrected chi connectivity index (χ1v) is 3.69. The van der Waals surface area contributed by atoms with E-state index in [2.05, 4.69) is 0 Å². The van der Waals surface area contributed by atoms with Gasteiger partial charge in [-0.25, -0.2) is 4.79 Å². The van der Waals surface area contributed by atoms with Crippen molar-refractivity contribution < 1.29 is 14.4 Å². The Labute approximate surface area is 73.0 Å². The fourth-order valence-corrected chi connectivity index (χ4v) is 1.24. The summed E-state index contributed by atoms with van der Waals surface area (Å²) >= 11 is 0. The molecule has 1 heterocycles. The van der Waals surface area contributed by atoms with Crippen molar-refractivity contribution in [2.45, 2.75) is 0 Å². The van der Waals surface area contributed by atoms with Crippen LogP contribution < -0.4 is 0 Å². The first-order chi connectivity index (χ1) is 6.18. The largest absolute Gasteiger partial charge is 0.478 e. The third-order valence-electron chi connectivity index (χ3n) is 1.89. The van der Waals surface area contributed by atoms with Crippen molar-refractivity contribution in [1.29, 1.82) is 0 Å². The second-order valence-electron chi connectivity index (χ2n) is 2.71. The van der Waals surface area contributed by atoms with Crippen LogP contribution in [0.4, 0.5) is 4.48 Å². The Hall–Kier alpha value is -1.84. The van der Waals surface area contributed by atoms with Gasteiger partial charge in [0, 0.05) is 11.6 Å². The topological polar surface area (TPSA) is 42.2 Å². The van der Waals surface area contributed by atoms with Crippen molar-refractivity contribution in [1.82, 2.24) is 4.79 Å². The van der Waals surface area contributed by atoms with Crippen molar-refractivity contribution in [2.24, 2.45) is 0 Å². The van der Waals surface area contributed by atoms with Crippen LogP contribution >= 0.6 is 0 Å². The van der Waals surface area contributed by atoms with Gasteiger partial charge < -0.3 is 5.11 Å². The number of aromatic nitrogens is 1. The van der Waals surface area contributed by atoms with Gasteiger partial charge in [-0.2, -0.15) is 4.79 Å². The number of carboxylic acids is 1. The van der Waals surface area contributed by atoms with E-state index in [4.69, 9.17) is 5.11 Å². The molecular formula is C9H6FNO2. The van der Waals surface area contributed by atoms with Gasteiger partial charge in [-0.3, -0.25) is 0 Å². The van der Waals surface area contributed by atoms with Crippen LogP contribution in [-0.4, -0.2) is 15.9 Å². The minimum absolute atomic E-state index is 0.165. The van der Waals surface area contributed by atoms with E-state index in [1.807, 2.05) is 0 Å². The first kappa shape index (κ1) is 7.79. The monoisotopic (exact) mass is 179 g/mol. The average Bonchev–Trinajstić information content (AvgIpc) is 2.47. The molecule has 1 aromatic heterocycles. The van der Waals surface area contributed by atoms with Crippen LogP contribution in [0.5, 0.6) is 0 Å². The molecular weight excluding hydrogens is 173 g/mol. The van der Waals surface area contributed by atoms with E-state index in [-0.39, 0.29) is 5.56 Å². The number of hydrogen-bond donors (Lipinski definition) is 1. The normalized spacial score (nSPS) is 10.5. The summed E-state index contributed by atoms with van der Waals surface area (Å²) in [5.41, 5.74) is 0.545. The molecule has 0 fully saturated rings. The SMILES string of the molecule is O=C(O)c1ccc2c(ccn2F)c1. The fraction of sp³-hybridized carbons (Fsp3) is 0. The first-order valence-electron chi connectivity index (χ1n) is 3.69. The van der Waals surface area contributed by atoms with Gasteiger partial charge in [0.15, 0.2) is 0 Å². The lowest BCUT2D eigenvalue weighted by Gasteiger charge is -1.94. The Morgan fingerprint density at radius 3 is 2.85 bits per heavy atom. The Morgan fingerprint density at radius 1 is 1.38 bits per heavy atom.